The Kier molecular flexibility index (Phi) is 6.12. The molecule has 0 fully saturated rings. The molecule has 2 aromatic carbocycles. The van der Waals surface area contributed by atoms with E-state index >= 15 is 0 Å². The van der Waals surface area contributed by atoms with Crippen molar-refractivity contribution in [3.63, 3.8) is 0 Å². The van der Waals surface area contributed by atoms with E-state index in [-0.39, 0.29) is 6.03 Å². The zero-order chi connectivity index (χ0) is 22.8. The van der Waals surface area contributed by atoms with Crippen molar-refractivity contribution in [1.29, 1.82) is 0 Å². The highest BCUT2D eigenvalue weighted by atomic mass is 19.1. The molecule has 1 aliphatic heterocycles. The molecule has 1 atom stereocenters. The van der Waals surface area contributed by atoms with Crippen LogP contribution in [0.2, 0.25) is 0 Å². The van der Waals surface area contributed by atoms with Crippen LogP contribution in [0, 0.1) is 17.6 Å². The third-order valence-electron chi connectivity index (χ3n) is 5.44. The number of fused-ring (bicyclic) bond motifs is 1. The van der Waals surface area contributed by atoms with Gasteiger partial charge in [-0.25, -0.2) is 13.6 Å². The molecule has 0 spiro atoms. The van der Waals surface area contributed by atoms with E-state index in [0.29, 0.717) is 53.6 Å². The van der Waals surface area contributed by atoms with Crippen molar-refractivity contribution in [2.45, 2.75) is 33.2 Å². The standard InChI is InChI=1S/C24H26F2N4O2/c1-14(2)13-32-20-7-17(6-19(25)9-20)15(3)29-24(31)30-5-4-16-8-21(18-11-27-28-12-18)22(26)10-23(16)30/h6-12,14-15H,4-5,13H2,1-3H3,(H,27,28)(H,29,31)/t15-/m1/s1. The van der Waals surface area contributed by atoms with Gasteiger partial charge < -0.3 is 10.1 Å². The molecule has 8 heteroatoms. The summed E-state index contributed by atoms with van der Waals surface area (Å²) in [5.41, 5.74) is 3.13. The summed E-state index contributed by atoms with van der Waals surface area (Å²) < 4.78 is 34.5. The summed E-state index contributed by atoms with van der Waals surface area (Å²) in [5.74, 6) is -0.114. The minimum absolute atomic E-state index is 0.309. The third-order valence-corrected chi connectivity index (χ3v) is 5.44. The molecule has 1 aromatic heterocycles. The maximum absolute atomic E-state index is 14.7. The molecule has 2 amide bonds. The summed E-state index contributed by atoms with van der Waals surface area (Å²) in [5, 5.41) is 9.44. The van der Waals surface area contributed by atoms with Gasteiger partial charge >= 0.3 is 6.03 Å². The zero-order valence-corrected chi connectivity index (χ0v) is 18.3. The number of benzene rings is 2. The molecule has 0 saturated heterocycles. The van der Waals surface area contributed by atoms with Crippen molar-refractivity contribution in [2.24, 2.45) is 5.92 Å². The summed E-state index contributed by atoms with van der Waals surface area (Å²) >= 11 is 0. The highest BCUT2D eigenvalue weighted by Gasteiger charge is 2.28. The van der Waals surface area contributed by atoms with Crippen LogP contribution in [0.3, 0.4) is 0 Å². The number of hydrogen-bond donors (Lipinski definition) is 2. The van der Waals surface area contributed by atoms with Crippen LogP contribution in [-0.2, 0) is 6.42 Å². The number of amides is 2. The van der Waals surface area contributed by atoms with Crippen LogP contribution in [0.4, 0.5) is 19.3 Å². The number of hydrogen-bond acceptors (Lipinski definition) is 3. The third kappa shape index (κ3) is 4.59. The molecule has 0 saturated carbocycles. The van der Waals surface area contributed by atoms with Crippen molar-refractivity contribution >= 4 is 11.7 Å². The smallest absolute Gasteiger partial charge is 0.322 e. The van der Waals surface area contributed by atoms with Gasteiger partial charge in [0.15, 0.2) is 0 Å². The maximum Gasteiger partial charge on any atom is 0.322 e. The van der Waals surface area contributed by atoms with E-state index in [2.05, 4.69) is 15.5 Å². The largest absolute Gasteiger partial charge is 0.493 e. The van der Waals surface area contributed by atoms with Crippen LogP contribution < -0.4 is 15.0 Å². The summed E-state index contributed by atoms with van der Waals surface area (Å²) in [4.78, 5) is 14.5. The summed E-state index contributed by atoms with van der Waals surface area (Å²) in [6.07, 6.45) is 3.81. The predicted octanol–water partition coefficient (Wildman–Crippen LogP) is 5.22. The Morgan fingerprint density at radius 1 is 1.22 bits per heavy atom. The van der Waals surface area contributed by atoms with Crippen molar-refractivity contribution in [2.75, 3.05) is 18.1 Å². The summed E-state index contributed by atoms with van der Waals surface area (Å²) in [6.45, 7) is 6.71. The number of ether oxygens (including phenoxy) is 1. The van der Waals surface area contributed by atoms with Crippen LogP contribution in [0.25, 0.3) is 11.1 Å². The second kappa shape index (κ2) is 8.98. The number of anilines is 1. The maximum atomic E-state index is 14.7. The van der Waals surface area contributed by atoms with Crippen LogP contribution >= 0.6 is 0 Å². The van der Waals surface area contributed by atoms with Gasteiger partial charge in [-0.3, -0.25) is 10.00 Å². The lowest BCUT2D eigenvalue weighted by molar-refractivity contribution is 0.243. The van der Waals surface area contributed by atoms with Gasteiger partial charge in [0, 0.05) is 29.9 Å². The monoisotopic (exact) mass is 440 g/mol. The molecule has 1 aliphatic rings. The Bertz CT molecular complexity index is 1120. The Labute approximate surface area is 185 Å². The molecule has 2 heterocycles. The van der Waals surface area contributed by atoms with Gasteiger partial charge in [-0.2, -0.15) is 5.10 Å². The molecule has 3 aromatic rings. The normalized spacial score (nSPS) is 13.9. The van der Waals surface area contributed by atoms with E-state index in [1.54, 1.807) is 31.5 Å². The number of carbonyl (C=O) groups is 1. The molecule has 0 bridgehead atoms. The van der Waals surface area contributed by atoms with Crippen LogP contribution in [0.1, 0.15) is 37.9 Å². The molecular weight excluding hydrogens is 414 g/mol. The first kappa shape index (κ1) is 21.8. The number of rotatable bonds is 6. The molecule has 6 nitrogen and oxygen atoms in total. The molecular formula is C24H26F2N4O2. The number of urea groups is 1. The van der Waals surface area contributed by atoms with E-state index < -0.39 is 17.7 Å². The van der Waals surface area contributed by atoms with E-state index in [4.69, 9.17) is 4.74 Å². The Morgan fingerprint density at radius 2 is 2.03 bits per heavy atom. The Hall–Kier alpha value is -3.42. The second-order valence-corrected chi connectivity index (χ2v) is 8.45. The van der Waals surface area contributed by atoms with Gasteiger partial charge in [-0.05, 0) is 54.7 Å². The Morgan fingerprint density at radius 3 is 2.75 bits per heavy atom. The van der Waals surface area contributed by atoms with Crippen LogP contribution in [-0.4, -0.2) is 29.4 Å². The lowest BCUT2D eigenvalue weighted by atomic mass is 10.0. The highest BCUT2D eigenvalue weighted by molar-refractivity contribution is 5.95. The number of aromatic nitrogens is 2. The van der Waals surface area contributed by atoms with Crippen LogP contribution in [0.15, 0.2) is 42.7 Å². The van der Waals surface area contributed by atoms with E-state index in [0.717, 1.165) is 5.56 Å². The summed E-state index contributed by atoms with van der Waals surface area (Å²) in [6, 6.07) is 6.76. The molecule has 32 heavy (non-hydrogen) atoms. The fraction of sp³-hybridized carbons (Fsp3) is 0.333. The Balaban J connectivity index is 1.49. The first-order chi connectivity index (χ1) is 15.3. The predicted molar refractivity (Wildman–Crippen MR) is 119 cm³/mol. The fourth-order valence-corrected chi connectivity index (χ4v) is 3.77. The number of H-pyrrole nitrogens is 1. The fourth-order valence-electron chi connectivity index (χ4n) is 3.77. The lowest BCUT2D eigenvalue weighted by Gasteiger charge is -2.22. The topological polar surface area (TPSA) is 70.2 Å². The van der Waals surface area contributed by atoms with Gasteiger partial charge in [0.2, 0.25) is 0 Å². The lowest BCUT2D eigenvalue weighted by Crippen LogP contribution is -2.40. The molecule has 168 valence electrons. The van der Waals surface area contributed by atoms with Gasteiger partial charge in [0.25, 0.3) is 0 Å². The quantitative estimate of drug-likeness (QED) is 0.552. The second-order valence-electron chi connectivity index (χ2n) is 8.45. The van der Waals surface area contributed by atoms with Crippen molar-refractivity contribution in [3.05, 3.63) is 65.5 Å². The van der Waals surface area contributed by atoms with Gasteiger partial charge in [0.1, 0.15) is 17.4 Å². The molecule has 2 N–H and O–H groups in total. The molecule has 0 radical (unpaired) electrons. The molecule has 4 rings (SSSR count). The van der Waals surface area contributed by atoms with Gasteiger partial charge in [0.05, 0.1) is 24.5 Å². The minimum Gasteiger partial charge on any atom is -0.493 e. The van der Waals surface area contributed by atoms with Crippen LogP contribution in [0.5, 0.6) is 5.75 Å². The van der Waals surface area contributed by atoms with Gasteiger partial charge in [-0.1, -0.05) is 13.8 Å². The molecule has 0 aliphatic carbocycles. The average Bonchev–Trinajstić information content (AvgIpc) is 3.41. The SMILES string of the molecule is CC(C)COc1cc(F)cc([C@@H](C)NC(=O)N2CCc3cc(-c4cn[nH]c4)c(F)cc32)c1. The first-order valence-electron chi connectivity index (χ1n) is 10.6. The van der Waals surface area contributed by atoms with E-state index in [1.165, 1.54) is 23.1 Å². The van der Waals surface area contributed by atoms with Crippen molar-refractivity contribution < 1.29 is 18.3 Å². The number of halogens is 2. The average molecular weight is 440 g/mol. The minimum atomic E-state index is -0.460. The first-order valence-corrected chi connectivity index (χ1v) is 10.6. The number of nitrogens with zero attached hydrogens (tertiary/aromatic N) is 2. The number of nitrogens with one attached hydrogen (secondary N) is 2. The van der Waals surface area contributed by atoms with Crippen molar-refractivity contribution in [1.82, 2.24) is 15.5 Å². The number of carbonyl (C=O) groups excluding carboxylic acids is 1. The van der Waals surface area contributed by atoms with E-state index in [1.807, 2.05) is 13.8 Å². The van der Waals surface area contributed by atoms with Crippen molar-refractivity contribution in [3.8, 4) is 16.9 Å². The highest BCUT2D eigenvalue weighted by Crippen LogP contribution is 2.34. The number of aromatic amines is 1. The van der Waals surface area contributed by atoms with E-state index in [9.17, 15) is 13.6 Å². The zero-order valence-electron chi connectivity index (χ0n) is 18.3. The van der Waals surface area contributed by atoms with Gasteiger partial charge in [-0.15, -0.1) is 0 Å². The molecule has 0 unspecified atom stereocenters. The summed E-state index contributed by atoms with van der Waals surface area (Å²) in [7, 11) is 0.